The van der Waals surface area contributed by atoms with Gasteiger partial charge in [-0.05, 0) is 31.9 Å². The molecule has 0 aliphatic carbocycles. The number of nitrogens with zero attached hydrogens (tertiary/aromatic N) is 1. The normalized spacial score (nSPS) is 18.5. The van der Waals surface area contributed by atoms with Gasteiger partial charge in [0.2, 0.25) is 0 Å². The van der Waals surface area contributed by atoms with Gasteiger partial charge in [0.15, 0.2) is 0 Å². The second-order valence-electron chi connectivity index (χ2n) is 5.10. The van der Waals surface area contributed by atoms with Crippen LogP contribution in [-0.4, -0.2) is 37.1 Å². The zero-order valence-corrected chi connectivity index (χ0v) is 11.9. The molecular weight excluding hydrogens is 256 g/mol. The first kappa shape index (κ1) is 14.4. The lowest BCUT2D eigenvalue weighted by Gasteiger charge is -2.31. The summed E-state index contributed by atoms with van der Waals surface area (Å²) in [5.41, 5.74) is 1.91. The summed E-state index contributed by atoms with van der Waals surface area (Å²) in [6, 6.07) is 7.47. The minimum absolute atomic E-state index is 0.164. The topological polar surface area (TPSA) is 58.6 Å². The van der Waals surface area contributed by atoms with E-state index in [1.165, 1.54) is 7.11 Å². The van der Waals surface area contributed by atoms with Crippen molar-refractivity contribution >= 4 is 17.7 Å². The molecule has 20 heavy (non-hydrogen) atoms. The number of aryl methyl sites for hydroxylation is 1. The molecule has 0 unspecified atom stereocenters. The monoisotopic (exact) mass is 276 g/mol. The number of piperidine rings is 1. The molecule has 2 amide bonds. The molecule has 1 fully saturated rings. The molecule has 0 aromatic heterocycles. The molecule has 2 rings (SSSR count). The Morgan fingerprint density at radius 2 is 2.00 bits per heavy atom. The fourth-order valence-electron chi connectivity index (χ4n) is 2.36. The van der Waals surface area contributed by atoms with Crippen molar-refractivity contribution in [2.45, 2.75) is 19.8 Å². The Morgan fingerprint density at radius 3 is 2.65 bits per heavy atom. The van der Waals surface area contributed by atoms with Crippen LogP contribution in [0.3, 0.4) is 0 Å². The van der Waals surface area contributed by atoms with Crippen LogP contribution in [0.25, 0.3) is 0 Å². The number of amides is 2. The number of hydrogen-bond donors (Lipinski definition) is 1. The van der Waals surface area contributed by atoms with Crippen molar-refractivity contribution in [2.75, 3.05) is 25.5 Å². The molecular formula is C15H20N2O3. The fraction of sp³-hybridized carbons (Fsp3) is 0.467. The summed E-state index contributed by atoms with van der Waals surface area (Å²) in [6.07, 6.45) is 1.60. The highest BCUT2D eigenvalue weighted by atomic mass is 16.5. The lowest BCUT2D eigenvalue weighted by Crippen LogP contribution is -2.44. The summed E-state index contributed by atoms with van der Waals surface area (Å²) in [4.78, 5) is 25.4. The summed E-state index contributed by atoms with van der Waals surface area (Å²) >= 11 is 0. The Kier molecular flexibility index (Phi) is 4.61. The van der Waals surface area contributed by atoms with Crippen LogP contribution in [0.4, 0.5) is 10.5 Å². The van der Waals surface area contributed by atoms with Crippen molar-refractivity contribution in [1.29, 1.82) is 0 Å². The Balaban J connectivity index is 1.95. The van der Waals surface area contributed by atoms with E-state index in [2.05, 4.69) is 5.32 Å². The van der Waals surface area contributed by atoms with Crippen LogP contribution in [0.5, 0.6) is 0 Å². The van der Waals surface area contributed by atoms with E-state index >= 15 is 0 Å². The Morgan fingerprint density at radius 1 is 1.30 bits per heavy atom. The SMILES string of the molecule is COC(=O)[C@H]1CCCN(C(=O)Nc2ccc(C)cc2)C1. The zero-order valence-electron chi connectivity index (χ0n) is 11.9. The second kappa shape index (κ2) is 6.41. The largest absolute Gasteiger partial charge is 0.469 e. The van der Waals surface area contributed by atoms with Gasteiger partial charge < -0.3 is 15.0 Å². The van der Waals surface area contributed by atoms with Gasteiger partial charge in [-0.25, -0.2) is 4.79 Å². The zero-order chi connectivity index (χ0) is 14.5. The van der Waals surface area contributed by atoms with Crippen LogP contribution >= 0.6 is 0 Å². The van der Waals surface area contributed by atoms with Crippen molar-refractivity contribution in [1.82, 2.24) is 4.90 Å². The average Bonchev–Trinajstić information content (AvgIpc) is 2.49. The highest BCUT2D eigenvalue weighted by Crippen LogP contribution is 2.19. The summed E-state index contributed by atoms with van der Waals surface area (Å²) in [7, 11) is 1.38. The lowest BCUT2D eigenvalue weighted by atomic mass is 9.98. The number of esters is 1. The maximum absolute atomic E-state index is 12.2. The van der Waals surface area contributed by atoms with Crippen LogP contribution < -0.4 is 5.32 Å². The number of urea groups is 1. The molecule has 0 spiro atoms. The van der Waals surface area contributed by atoms with E-state index in [0.29, 0.717) is 13.1 Å². The summed E-state index contributed by atoms with van der Waals surface area (Å²) < 4.78 is 4.75. The maximum atomic E-state index is 12.2. The number of carbonyl (C=O) groups excluding carboxylic acids is 2. The van der Waals surface area contributed by atoms with Gasteiger partial charge in [0.1, 0.15) is 0 Å². The number of benzene rings is 1. The minimum atomic E-state index is -0.238. The molecule has 0 radical (unpaired) electrons. The molecule has 1 atom stereocenters. The molecule has 5 nitrogen and oxygen atoms in total. The molecule has 1 aliphatic heterocycles. The standard InChI is InChI=1S/C15H20N2O3/c1-11-5-7-13(8-6-11)16-15(19)17-9-3-4-12(10-17)14(18)20-2/h5-8,12H,3-4,9-10H2,1-2H3,(H,16,19)/t12-/m0/s1. The predicted octanol–water partition coefficient (Wildman–Crippen LogP) is 2.41. The average molecular weight is 276 g/mol. The van der Waals surface area contributed by atoms with E-state index in [0.717, 1.165) is 24.1 Å². The number of likely N-dealkylation sites (tertiary alicyclic amines) is 1. The van der Waals surface area contributed by atoms with Gasteiger partial charge in [-0.15, -0.1) is 0 Å². The van der Waals surface area contributed by atoms with Crippen LogP contribution in [0.2, 0.25) is 0 Å². The molecule has 1 heterocycles. The number of ether oxygens (including phenoxy) is 1. The molecule has 1 aliphatic rings. The molecule has 1 saturated heterocycles. The van der Waals surface area contributed by atoms with Crippen molar-refractivity contribution in [3.63, 3.8) is 0 Å². The Labute approximate surface area is 118 Å². The first-order valence-electron chi connectivity index (χ1n) is 6.80. The smallest absolute Gasteiger partial charge is 0.321 e. The minimum Gasteiger partial charge on any atom is -0.469 e. The number of nitrogens with one attached hydrogen (secondary N) is 1. The van der Waals surface area contributed by atoms with E-state index < -0.39 is 0 Å². The van der Waals surface area contributed by atoms with Crippen LogP contribution in [0, 0.1) is 12.8 Å². The van der Waals surface area contributed by atoms with Crippen molar-refractivity contribution < 1.29 is 14.3 Å². The number of rotatable bonds is 2. The molecule has 0 bridgehead atoms. The van der Waals surface area contributed by atoms with E-state index in [1.54, 1.807) is 4.90 Å². The predicted molar refractivity (Wildman–Crippen MR) is 76.5 cm³/mol. The van der Waals surface area contributed by atoms with Gasteiger partial charge in [0.05, 0.1) is 13.0 Å². The van der Waals surface area contributed by atoms with Gasteiger partial charge in [0, 0.05) is 18.8 Å². The Bertz CT molecular complexity index is 484. The number of hydrogen-bond acceptors (Lipinski definition) is 3. The maximum Gasteiger partial charge on any atom is 0.321 e. The third-order valence-corrected chi connectivity index (χ3v) is 3.55. The van der Waals surface area contributed by atoms with Crippen LogP contribution in [0.15, 0.2) is 24.3 Å². The molecule has 0 saturated carbocycles. The second-order valence-corrected chi connectivity index (χ2v) is 5.10. The lowest BCUT2D eigenvalue weighted by molar-refractivity contribution is -0.146. The molecule has 1 aromatic rings. The van der Waals surface area contributed by atoms with Crippen LogP contribution in [-0.2, 0) is 9.53 Å². The number of carbonyl (C=O) groups is 2. The van der Waals surface area contributed by atoms with E-state index in [4.69, 9.17) is 4.74 Å². The molecule has 5 heteroatoms. The van der Waals surface area contributed by atoms with Gasteiger partial charge >= 0.3 is 12.0 Å². The van der Waals surface area contributed by atoms with Crippen molar-refractivity contribution in [3.05, 3.63) is 29.8 Å². The van der Waals surface area contributed by atoms with Gasteiger partial charge in [-0.3, -0.25) is 4.79 Å². The highest BCUT2D eigenvalue weighted by Gasteiger charge is 2.28. The third kappa shape index (κ3) is 3.50. The quantitative estimate of drug-likeness (QED) is 0.844. The first-order valence-corrected chi connectivity index (χ1v) is 6.80. The van der Waals surface area contributed by atoms with Crippen molar-refractivity contribution in [2.24, 2.45) is 5.92 Å². The van der Waals surface area contributed by atoms with Crippen molar-refractivity contribution in [3.8, 4) is 0 Å². The summed E-state index contributed by atoms with van der Waals surface area (Å²) in [5, 5.41) is 2.85. The molecule has 1 N–H and O–H groups in total. The van der Waals surface area contributed by atoms with Gasteiger partial charge in [0.25, 0.3) is 0 Å². The van der Waals surface area contributed by atoms with Crippen LogP contribution in [0.1, 0.15) is 18.4 Å². The van der Waals surface area contributed by atoms with Gasteiger partial charge in [-0.2, -0.15) is 0 Å². The first-order chi connectivity index (χ1) is 9.60. The number of anilines is 1. The summed E-state index contributed by atoms with van der Waals surface area (Å²) in [6.45, 7) is 3.09. The highest BCUT2D eigenvalue weighted by molar-refractivity contribution is 5.89. The Hall–Kier alpha value is -2.04. The summed E-state index contributed by atoms with van der Waals surface area (Å²) in [5.74, 6) is -0.449. The van der Waals surface area contributed by atoms with E-state index in [-0.39, 0.29) is 17.9 Å². The van der Waals surface area contributed by atoms with Gasteiger partial charge in [-0.1, -0.05) is 17.7 Å². The van der Waals surface area contributed by atoms with E-state index in [1.807, 2.05) is 31.2 Å². The third-order valence-electron chi connectivity index (χ3n) is 3.55. The fourth-order valence-corrected chi connectivity index (χ4v) is 2.36. The molecule has 108 valence electrons. The van der Waals surface area contributed by atoms with E-state index in [9.17, 15) is 9.59 Å². The number of methoxy groups -OCH3 is 1. The molecule has 1 aromatic carbocycles.